The zero-order chi connectivity index (χ0) is 13.6. The molecule has 0 atom stereocenters. The van der Waals surface area contributed by atoms with E-state index in [4.69, 9.17) is 0 Å². The van der Waals surface area contributed by atoms with Crippen molar-refractivity contribution in [3.63, 3.8) is 0 Å². The third kappa shape index (κ3) is 2.51. The second kappa shape index (κ2) is 4.86. The Morgan fingerprint density at radius 1 is 1.33 bits per heavy atom. The fourth-order valence-electron chi connectivity index (χ4n) is 1.62. The van der Waals surface area contributed by atoms with Crippen molar-refractivity contribution in [3.05, 3.63) is 15.9 Å². The maximum Gasteiger partial charge on any atom is 0.252 e. The van der Waals surface area contributed by atoms with E-state index in [1.54, 1.807) is 13.0 Å². The SMILES string of the molecule is CCS(=O)(=O)C1CN(S(=O)(=O)c2ccc(Br)s2)C1. The molecule has 0 bridgehead atoms. The van der Waals surface area contributed by atoms with Crippen LogP contribution in [-0.2, 0) is 19.9 Å². The van der Waals surface area contributed by atoms with Crippen molar-refractivity contribution in [2.24, 2.45) is 0 Å². The highest BCUT2D eigenvalue weighted by atomic mass is 79.9. The lowest BCUT2D eigenvalue weighted by atomic mass is 10.3. The zero-order valence-corrected chi connectivity index (χ0v) is 13.6. The van der Waals surface area contributed by atoms with Crippen LogP contribution < -0.4 is 0 Å². The highest BCUT2D eigenvalue weighted by Gasteiger charge is 2.43. The summed E-state index contributed by atoms with van der Waals surface area (Å²) in [4.78, 5) is 0. The molecule has 1 aliphatic heterocycles. The van der Waals surface area contributed by atoms with Crippen molar-refractivity contribution in [1.82, 2.24) is 4.31 Å². The molecule has 0 spiro atoms. The average molecular weight is 374 g/mol. The maximum atomic E-state index is 12.1. The average Bonchev–Trinajstić information content (AvgIpc) is 2.62. The Hall–Kier alpha value is 0.0400. The van der Waals surface area contributed by atoms with Gasteiger partial charge in [0.05, 0.1) is 9.04 Å². The number of sulfonamides is 1. The van der Waals surface area contributed by atoms with Crippen molar-refractivity contribution >= 4 is 47.1 Å². The number of halogens is 1. The molecular weight excluding hydrogens is 362 g/mol. The lowest BCUT2D eigenvalue weighted by Crippen LogP contribution is -2.56. The molecule has 0 aliphatic carbocycles. The van der Waals surface area contributed by atoms with Crippen LogP contribution in [-0.4, -0.2) is 45.2 Å². The van der Waals surface area contributed by atoms with Gasteiger partial charge >= 0.3 is 0 Å². The van der Waals surface area contributed by atoms with Crippen LogP contribution in [0.2, 0.25) is 0 Å². The Morgan fingerprint density at radius 2 is 1.94 bits per heavy atom. The second-order valence-corrected chi connectivity index (χ2v) is 11.2. The van der Waals surface area contributed by atoms with E-state index in [0.29, 0.717) is 0 Å². The first kappa shape index (κ1) is 14.4. The molecule has 0 radical (unpaired) electrons. The standard InChI is InChI=1S/C9H12BrNO4S3/c1-2-17(12,13)7-5-11(6-7)18(14,15)9-4-3-8(10)16-9/h3-4,7H,2,5-6H2,1H3. The van der Waals surface area contributed by atoms with Crippen molar-refractivity contribution in [1.29, 1.82) is 0 Å². The zero-order valence-electron chi connectivity index (χ0n) is 9.54. The van der Waals surface area contributed by atoms with E-state index in [0.717, 1.165) is 15.1 Å². The summed E-state index contributed by atoms with van der Waals surface area (Å²) in [6, 6.07) is 3.18. The first-order valence-electron chi connectivity index (χ1n) is 5.24. The largest absolute Gasteiger partial charge is 0.252 e. The number of nitrogens with zero attached hydrogens (tertiary/aromatic N) is 1. The van der Waals surface area contributed by atoms with Crippen molar-refractivity contribution in [2.45, 2.75) is 16.4 Å². The molecule has 9 heteroatoms. The number of hydrogen-bond donors (Lipinski definition) is 0. The molecule has 2 heterocycles. The van der Waals surface area contributed by atoms with Crippen LogP contribution in [0.3, 0.4) is 0 Å². The fraction of sp³-hybridized carbons (Fsp3) is 0.556. The molecule has 5 nitrogen and oxygen atoms in total. The van der Waals surface area contributed by atoms with Crippen LogP contribution in [0.25, 0.3) is 0 Å². The van der Waals surface area contributed by atoms with Gasteiger partial charge < -0.3 is 0 Å². The van der Waals surface area contributed by atoms with Gasteiger partial charge in [-0.3, -0.25) is 0 Å². The van der Waals surface area contributed by atoms with Gasteiger partial charge in [0.2, 0.25) is 0 Å². The maximum absolute atomic E-state index is 12.1. The number of sulfone groups is 1. The molecule has 0 unspecified atom stereocenters. The minimum Gasteiger partial charge on any atom is -0.228 e. The molecule has 0 amide bonds. The molecule has 1 aliphatic rings. The molecule has 1 aromatic heterocycles. The van der Waals surface area contributed by atoms with Crippen LogP contribution in [0.15, 0.2) is 20.1 Å². The fourth-order valence-corrected chi connectivity index (χ4v) is 6.79. The molecule has 1 fully saturated rings. The van der Waals surface area contributed by atoms with Crippen LogP contribution in [0, 0.1) is 0 Å². The molecule has 0 saturated carbocycles. The summed E-state index contributed by atoms with van der Waals surface area (Å²) in [5.41, 5.74) is 0. The smallest absolute Gasteiger partial charge is 0.228 e. The van der Waals surface area contributed by atoms with Gasteiger partial charge in [0.1, 0.15) is 4.21 Å². The summed E-state index contributed by atoms with van der Waals surface area (Å²) in [5, 5.41) is -0.555. The van der Waals surface area contributed by atoms with Crippen molar-refractivity contribution < 1.29 is 16.8 Å². The monoisotopic (exact) mass is 373 g/mol. The first-order valence-corrected chi connectivity index (χ1v) is 10.0. The quantitative estimate of drug-likeness (QED) is 0.797. The minimum absolute atomic E-state index is 0.0517. The van der Waals surface area contributed by atoms with Gasteiger partial charge in [-0.25, -0.2) is 16.8 Å². The number of rotatable bonds is 4. The van der Waals surface area contributed by atoms with Gasteiger partial charge in [0.15, 0.2) is 9.84 Å². The van der Waals surface area contributed by atoms with E-state index < -0.39 is 25.1 Å². The second-order valence-electron chi connectivity index (χ2n) is 3.95. The molecule has 102 valence electrons. The molecule has 1 aromatic rings. The first-order chi connectivity index (χ1) is 8.27. The van der Waals surface area contributed by atoms with E-state index in [1.807, 2.05) is 0 Å². The Bertz CT molecular complexity index is 643. The highest BCUT2D eigenvalue weighted by molar-refractivity contribution is 9.11. The van der Waals surface area contributed by atoms with Gasteiger partial charge in [0, 0.05) is 18.8 Å². The van der Waals surface area contributed by atoms with Crippen LogP contribution in [0.4, 0.5) is 0 Å². The summed E-state index contributed by atoms with van der Waals surface area (Å²) in [5.74, 6) is 0.0517. The van der Waals surface area contributed by atoms with Crippen LogP contribution >= 0.6 is 27.3 Å². The molecule has 0 N–H and O–H groups in total. The van der Waals surface area contributed by atoms with Crippen molar-refractivity contribution in [2.75, 3.05) is 18.8 Å². The highest BCUT2D eigenvalue weighted by Crippen LogP contribution is 2.31. The third-order valence-corrected chi connectivity index (χ3v) is 8.91. The van der Waals surface area contributed by atoms with Gasteiger partial charge in [-0.15, -0.1) is 11.3 Å². The normalized spacial score (nSPS) is 18.8. The summed E-state index contributed by atoms with van der Waals surface area (Å²) in [7, 11) is -6.67. The Balaban J connectivity index is 2.13. The molecule has 2 rings (SSSR count). The number of hydrogen-bond acceptors (Lipinski definition) is 5. The predicted molar refractivity (Wildman–Crippen MR) is 74.0 cm³/mol. The Morgan fingerprint density at radius 3 is 2.39 bits per heavy atom. The van der Waals surface area contributed by atoms with Crippen LogP contribution in [0.1, 0.15) is 6.92 Å². The Kier molecular flexibility index (Phi) is 3.90. The molecule has 0 aromatic carbocycles. The Labute approximate surface area is 119 Å². The van der Waals surface area contributed by atoms with Gasteiger partial charge in [-0.1, -0.05) is 6.92 Å². The minimum atomic E-state index is -3.53. The molecular formula is C9H12BrNO4S3. The molecule has 18 heavy (non-hydrogen) atoms. The van der Waals surface area contributed by atoms with Gasteiger partial charge in [-0.05, 0) is 28.1 Å². The number of thiophene rings is 1. The van der Waals surface area contributed by atoms with E-state index in [-0.39, 0.29) is 23.1 Å². The van der Waals surface area contributed by atoms with E-state index in [1.165, 1.54) is 10.4 Å². The van der Waals surface area contributed by atoms with Crippen molar-refractivity contribution in [3.8, 4) is 0 Å². The van der Waals surface area contributed by atoms with Gasteiger partial charge in [-0.2, -0.15) is 4.31 Å². The summed E-state index contributed by atoms with van der Waals surface area (Å²) >= 11 is 4.33. The summed E-state index contributed by atoms with van der Waals surface area (Å²) in [6.45, 7) is 1.70. The van der Waals surface area contributed by atoms with Gasteiger partial charge in [0.25, 0.3) is 10.0 Å². The van der Waals surface area contributed by atoms with E-state index in [9.17, 15) is 16.8 Å². The van der Waals surface area contributed by atoms with E-state index >= 15 is 0 Å². The van der Waals surface area contributed by atoms with Crippen LogP contribution in [0.5, 0.6) is 0 Å². The third-order valence-electron chi connectivity index (χ3n) is 2.87. The predicted octanol–water partition coefficient (Wildman–Crippen LogP) is 1.32. The topological polar surface area (TPSA) is 71.5 Å². The lowest BCUT2D eigenvalue weighted by Gasteiger charge is -2.36. The molecule has 1 saturated heterocycles. The summed E-state index contributed by atoms with van der Waals surface area (Å²) < 4.78 is 49.5. The van der Waals surface area contributed by atoms with E-state index in [2.05, 4.69) is 15.9 Å². The summed E-state index contributed by atoms with van der Waals surface area (Å²) in [6.07, 6.45) is 0. The lowest BCUT2D eigenvalue weighted by molar-refractivity contribution is 0.310.